The van der Waals surface area contributed by atoms with Gasteiger partial charge in [0.25, 0.3) is 5.91 Å². The van der Waals surface area contributed by atoms with Gasteiger partial charge >= 0.3 is 5.97 Å². The van der Waals surface area contributed by atoms with E-state index in [0.29, 0.717) is 5.56 Å². The maximum absolute atomic E-state index is 11.7. The summed E-state index contributed by atoms with van der Waals surface area (Å²) >= 11 is 0. The van der Waals surface area contributed by atoms with Gasteiger partial charge in [0.1, 0.15) is 0 Å². The summed E-state index contributed by atoms with van der Waals surface area (Å²) in [5.74, 6) is -1.77. The average Bonchev–Trinajstić information content (AvgIpc) is 2.35. The van der Waals surface area contributed by atoms with Crippen LogP contribution < -0.4 is 10.9 Å². The van der Waals surface area contributed by atoms with Crippen molar-refractivity contribution in [1.82, 2.24) is 10.9 Å². The third-order valence-corrected chi connectivity index (χ3v) is 2.39. The third-order valence-electron chi connectivity index (χ3n) is 2.39. The molecule has 0 bridgehead atoms. The van der Waals surface area contributed by atoms with Gasteiger partial charge in [0, 0.05) is 18.4 Å². The number of hydrogen-bond acceptors (Lipinski definition) is 3. The Hall–Kier alpha value is -2.37. The second kappa shape index (κ2) is 7.15. The molecule has 0 radical (unpaired) electrons. The first-order valence-corrected chi connectivity index (χ1v) is 5.86. The number of carbonyl (C=O) groups excluding carboxylic acids is 2. The fourth-order valence-electron chi connectivity index (χ4n) is 1.45. The third kappa shape index (κ3) is 5.67. The number of aliphatic carboxylic acids is 1. The first-order chi connectivity index (χ1) is 8.99. The largest absolute Gasteiger partial charge is 0.481 e. The molecule has 6 heteroatoms. The topological polar surface area (TPSA) is 95.5 Å². The normalized spacial score (nSPS) is 9.74. The summed E-state index contributed by atoms with van der Waals surface area (Å²) in [6.07, 6.45) is 0.223. The number of amides is 2. The molecule has 0 heterocycles. The lowest BCUT2D eigenvalue weighted by Crippen LogP contribution is -2.41. The van der Waals surface area contributed by atoms with Gasteiger partial charge in [-0.2, -0.15) is 0 Å². The SMILES string of the molecule is Cc1cccc(C(=O)NNC(=O)CCCC(=O)O)c1. The molecule has 3 N–H and O–H groups in total. The molecule has 102 valence electrons. The molecule has 1 rings (SSSR count). The van der Waals surface area contributed by atoms with Crippen LogP contribution in [0.5, 0.6) is 0 Å². The summed E-state index contributed by atoms with van der Waals surface area (Å²) in [7, 11) is 0. The monoisotopic (exact) mass is 264 g/mol. The van der Waals surface area contributed by atoms with E-state index in [0.717, 1.165) is 5.56 Å². The van der Waals surface area contributed by atoms with E-state index in [2.05, 4.69) is 10.9 Å². The van der Waals surface area contributed by atoms with Crippen LogP contribution in [0.3, 0.4) is 0 Å². The van der Waals surface area contributed by atoms with Crippen molar-refractivity contribution >= 4 is 17.8 Å². The van der Waals surface area contributed by atoms with Crippen LogP contribution in [-0.2, 0) is 9.59 Å². The predicted octanol–water partition coefficient (Wildman–Crippen LogP) is 1.01. The number of benzene rings is 1. The molecule has 1 aromatic carbocycles. The molecule has 0 spiro atoms. The summed E-state index contributed by atoms with van der Waals surface area (Å²) in [5.41, 5.74) is 5.92. The number of carboxylic acid groups (broad SMARTS) is 1. The van der Waals surface area contributed by atoms with Crippen LogP contribution in [0.1, 0.15) is 35.2 Å². The smallest absolute Gasteiger partial charge is 0.303 e. The van der Waals surface area contributed by atoms with Gasteiger partial charge in [-0.1, -0.05) is 17.7 Å². The second-order valence-corrected chi connectivity index (χ2v) is 4.12. The first-order valence-electron chi connectivity index (χ1n) is 5.86. The van der Waals surface area contributed by atoms with Gasteiger partial charge in [0.05, 0.1) is 0 Å². The predicted molar refractivity (Wildman–Crippen MR) is 68.3 cm³/mol. The summed E-state index contributed by atoms with van der Waals surface area (Å²) in [6.45, 7) is 1.86. The molecule has 0 fully saturated rings. The summed E-state index contributed by atoms with van der Waals surface area (Å²) in [5, 5.41) is 8.42. The zero-order valence-electron chi connectivity index (χ0n) is 10.6. The Morgan fingerprint density at radius 3 is 2.53 bits per heavy atom. The highest BCUT2D eigenvalue weighted by molar-refractivity contribution is 5.95. The van der Waals surface area contributed by atoms with Crippen molar-refractivity contribution in [2.24, 2.45) is 0 Å². The Morgan fingerprint density at radius 1 is 1.16 bits per heavy atom. The van der Waals surface area contributed by atoms with Crippen molar-refractivity contribution < 1.29 is 19.5 Å². The van der Waals surface area contributed by atoms with E-state index >= 15 is 0 Å². The summed E-state index contributed by atoms with van der Waals surface area (Å²) < 4.78 is 0. The highest BCUT2D eigenvalue weighted by Gasteiger charge is 2.07. The molecular weight excluding hydrogens is 248 g/mol. The van der Waals surface area contributed by atoms with Crippen LogP contribution in [0.15, 0.2) is 24.3 Å². The van der Waals surface area contributed by atoms with Crippen molar-refractivity contribution in [1.29, 1.82) is 0 Å². The number of nitrogens with one attached hydrogen (secondary N) is 2. The Balaban J connectivity index is 2.34. The first kappa shape index (κ1) is 14.7. The number of aryl methyl sites for hydroxylation is 1. The Bertz CT molecular complexity index is 485. The Labute approximate surface area is 110 Å². The van der Waals surface area contributed by atoms with E-state index in [-0.39, 0.29) is 19.3 Å². The molecule has 0 aromatic heterocycles. The molecular formula is C13H16N2O4. The number of rotatable bonds is 5. The standard InChI is InChI=1S/C13H16N2O4/c1-9-4-2-5-10(8-9)13(19)15-14-11(16)6-3-7-12(17)18/h2,4-5,8H,3,6-7H2,1H3,(H,14,16)(H,15,19)(H,17,18). The van der Waals surface area contributed by atoms with E-state index in [1.807, 2.05) is 13.0 Å². The van der Waals surface area contributed by atoms with Gasteiger partial charge in [-0.3, -0.25) is 25.2 Å². The number of carbonyl (C=O) groups is 3. The van der Waals surface area contributed by atoms with Crippen molar-refractivity contribution in [2.75, 3.05) is 0 Å². The maximum atomic E-state index is 11.7. The van der Waals surface area contributed by atoms with E-state index in [4.69, 9.17) is 5.11 Å². The minimum absolute atomic E-state index is 0.0559. The zero-order valence-corrected chi connectivity index (χ0v) is 10.6. The highest BCUT2D eigenvalue weighted by atomic mass is 16.4. The molecule has 0 saturated carbocycles. The molecule has 0 aliphatic carbocycles. The zero-order chi connectivity index (χ0) is 14.3. The van der Waals surface area contributed by atoms with Gasteiger partial charge in [-0.15, -0.1) is 0 Å². The molecule has 19 heavy (non-hydrogen) atoms. The van der Waals surface area contributed by atoms with Crippen LogP contribution >= 0.6 is 0 Å². The minimum Gasteiger partial charge on any atom is -0.481 e. The second-order valence-electron chi connectivity index (χ2n) is 4.12. The lowest BCUT2D eigenvalue weighted by molar-refractivity contribution is -0.137. The van der Waals surface area contributed by atoms with E-state index in [9.17, 15) is 14.4 Å². The molecule has 0 atom stereocenters. The molecule has 1 aromatic rings. The van der Waals surface area contributed by atoms with Crippen LogP contribution in [0, 0.1) is 6.92 Å². The summed E-state index contributed by atoms with van der Waals surface area (Å²) in [6, 6.07) is 6.95. The number of hydrogen-bond donors (Lipinski definition) is 3. The lowest BCUT2D eigenvalue weighted by Gasteiger charge is -2.07. The lowest BCUT2D eigenvalue weighted by atomic mass is 10.1. The fraction of sp³-hybridized carbons (Fsp3) is 0.308. The molecule has 0 aliphatic rings. The van der Waals surface area contributed by atoms with Crippen LogP contribution in [-0.4, -0.2) is 22.9 Å². The minimum atomic E-state index is -0.948. The molecule has 6 nitrogen and oxygen atoms in total. The van der Waals surface area contributed by atoms with E-state index in [1.54, 1.807) is 18.2 Å². The summed E-state index contributed by atoms with van der Waals surface area (Å²) in [4.78, 5) is 33.2. The quantitative estimate of drug-likeness (QED) is 0.692. The van der Waals surface area contributed by atoms with Gasteiger partial charge in [0.15, 0.2) is 0 Å². The van der Waals surface area contributed by atoms with Crippen LogP contribution in [0.25, 0.3) is 0 Å². The number of carboxylic acids is 1. The molecule has 0 aliphatic heterocycles. The van der Waals surface area contributed by atoms with Gasteiger partial charge in [-0.05, 0) is 25.5 Å². The molecule has 0 saturated heterocycles. The Kier molecular flexibility index (Phi) is 5.53. The molecule has 2 amide bonds. The molecule has 0 unspecified atom stereocenters. The van der Waals surface area contributed by atoms with Crippen molar-refractivity contribution in [3.8, 4) is 0 Å². The fourth-order valence-corrected chi connectivity index (χ4v) is 1.45. The van der Waals surface area contributed by atoms with Crippen molar-refractivity contribution in [3.05, 3.63) is 35.4 Å². The van der Waals surface area contributed by atoms with Gasteiger partial charge in [0.2, 0.25) is 5.91 Å². The van der Waals surface area contributed by atoms with Crippen molar-refractivity contribution in [2.45, 2.75) is 26.2 Å². The van der Waals surface area contributed by atoms with Gasteiger partial charge in [-0.25, -0.2) is 0 Å². The van der Waals surface area contributed by atoms with Gasteiger partial charge < -0.3 is 5.11 Å². The van der Waals surface area contributed by atoms with E-state index < -0.39 is 17.8 Å². The maximum Gasteiger partial charge on any atom is 0.303 e. The van der Waals surface area contributed by atoms with E-state index in [1.165, 1.54) is 0 Å². The highest BCUT2D eigenvalue weighted by Crippen LogP contribution is 2.03. The van der Waals surface area contributed by atoms with Crippen LogP contribution in [0.4, 0.5) is 0 Å². The van der Waals surface area contributed by atoms with Crippen LogP contribution in [0.2, 0.25) is 0 Å². The average molecular weight is 264 g/mol. The Morgan fingerprint density at radius 2 is 1.89 bits per heavy atom. The van der Waals surface area contributed by atoms with Crippen molar-refractivity contribution in [3.63, 3.8) is 0 Å². The number of hydrazine groups is 1.